The lowest BCUT2D eigenvalue weighted by atomic mass is 10.1. The Bertz CT molecular complexity index is 895. The molecule has 0 aliphatic carbocycles. The van der Waals surface area contributed by atoms with Crippen LogP contribution in [0.4, 0.5) is 0 Å². The highest BCUT2D eigenvalue weighted by molar-refractivity contribution is 7.24. The van der Waals surface area contributed by atoms with E-state index in [-0.39, 0.29) is 11.0 Å². The number of aromatic carboxylic acids is 1. The van der Waals surface area contributed by atoms with E-state index in [1.807, 2.05) is 0 Å². The Balaban J connectivity index is 2.51. The summed E-state index contributed by atoms with van der Waals surface area (Å²) in [6, 6.07) is 9.94. The normalized spacial score (nSPS) is 10.8. The molecule has 100 valence electrons. The third-order valence-corrected chi connectivity index (χ3v) is 4.34. The lowest BCUT2D eigenvalue weighted by molar-refractivity contribution is 0.0699. The van der Waals surface area contributed by atoms with Gasteiger partial charge < -0.3 is 9.84 Å². The Morgan fingerprint density at radius 2 is 2.00 bits per heavy atom. The Hall–Kier alpha value is -2.40. The molecule has 0 aliphatic rings. The molecule has 5 heteroatoms. The smallest absolute Gasteiger partial charge is 0.337 e. The summed E-state index contributed by atoms with van der Waals surface area (Å²) < 4.78 is 6.35. The summed E-state index contributed by atoms with van der Waals surface area (Å²) in [4.78, 5) is 23.7. The molecule has 0 atom stereocenters. The maximum absolute atomic E-state index is 12.4. The second kappa shape index (κ2) is 4.61. The third-order valence-electron chi connectivity index (χ3n) is 3.14. The van der Waals surface area contributed by atoms with Crippen LogP contribution in [0.3, 0.4) is 0 Å². The minimum Gasteiger partial charge on any atom is -0.497 e. The van der Waals surface area contributed by atoms with Crippen LogP contribution >= 0.6 is 11.3 Å². The average molecular weight is 286 g/mol. The first kappa shape index (κ1) is 12.6. The number of carboxylic acid groups (broad SMARTS) is 1. The lowest BCUT2D eigenvalue weighted by Crippen LogP contribution is -2.04. The van der Waals surface area contributed by atoms with Crippen molar-refractivity contribution >= 4 is 37.5 Å². The standard InChI is InChI=1S/C15H10O4S/c1-19-8-5-6-9-12(7-8)20-14-10(13(9)16)3-2-4-11(14)15(17)18/h2-7H,1H3,(H,17,18). The van der Waals surface area contributed by atoms with Crippen molar-refractivity contribution in [1.82, 2.24) is 0 Å². The molecule has 2 aromatic carbocycles. The predicted octanol–water partition coefficient (Wildman–Crippen LogP) is 3.12. The fourth-order valence-electron chi connectivity index (χ4n) is 2.15. The number of carbonyl (C=O) groups is 1. The lowest BCUT2D eigenvalue weighted by Gasteiger charge is -2.05. The molecular weight excluding hydrogens is 276 g/mol. The van der Waals surface area contributed by atoms with Crippen LogP contribution in [-0.2, 0) is 0 Å². The van der Waals surface area contributed by atoms with E-state index in [1.54, 1.807) is 37.4 Å². The van der Waals surface area contributed by atoms with E-state index < -0.39 is 5.97 Å². The molecule has 0 bridgehead atoms. The number of fused-ring (bicyclic) bond motifs is 2. The predicted molar refractivity (Wildman–Crippen MR) is 79.1 cm³/mol. The molecule has 0 radical (unpaired) electrons. The second-order valence-corrected chi connectivity index (χ2v) is 5.33. The van der Waals surface area contributed by atoms with E-state index in [2.05, 4.69) is 0 Å². The maximum atomic E-state index is 12.4. The van der Waals surface area contributed by atoms with Crippen LogP contribution in [0.15, 0.2) is 41.2 Å². The van der Waals surface area contributed by atoms with Crippen LogP contribution in [0, 0.1) is 0 Å². The van der Waals surface area contributed by atoms with Gasteiger partial charge in [-0.05, 0) is 30.3 Å². The molecule has 0 spiro atoms. The summed E-state index contributed by atoms with van der Waals surface area (Å²) in [5.74, 6) is -0.395. The van der Waals surface area contributed by atoms with Crippen LogP contribution in [0.1, 0.15) is 10.4 Å². The van der Waals surface area contributed by atoms with Gasteiger partial charge in [0.15, 0.2) is 5.43 Å². The van der Waals surface area contributed by atoms with Crippen molar-refractivity contribution < 1.29 is 14.6 Å². The molecule has 0 unspecified atom stereocenters. The number of carboxylic acids is 1. The summed E-state index contributed by atoms with van der Waals surface area (Å²) in [5.41, 5.74) is -0.00572. The van der Waals surface area contributed by atoms with Gasteiger partial charge in [0.25, 0.3) is 0 Å². The van der Waals surface area contributed by atoms with Crippen molar-refractivity contribution in [1.29, 1.82) is 0 Å². The van der Waals surface area contributed by atoms with Gasteiger partial charge in [-0.1, -0.05) is 6.07 Å². The Morgan fingerprint density at radius 3 is 2.70 bits per heavy atom. The van der Waals surface area contributed by atoms with Gasteiger partial charge in [0, 0.05) is 15.5 Å². The molecule has 1 N–H and O–H groups in total. The molecule has 4 nitrogen and oxygen atoms in total. The van der Waals surface area contributed by atoms with Crippen molar-refractivity contribution in [3.05, 3.63) is 52.2 Å². The van der Waals surface area contributed by atoms with Crippen LogP contribution in [0.25, 0.3) is 20.2 Å². The molecule has 0 saturated carbocycles. The molecule has 1 heterocycles. The summed E-state index contributed by atoms with van der Waals surface area (Å²) >= 11 is 1.29. The highest BCUT2D eigenvalue weighted by Gasteiger charge is 2.13. The number of methoxy groups -OCH3 is 1. The summed E-state index contributed by atoms with van der Waals surface area (Å²) in [6.45, 7) is 0. The van der Waals surface area contributed by atoms with Gasteiger partial charge in [-0.15, -0.1) is 11.3 Å². The minimum absolute atomic E-state index is 0.148. The first-order valence-corrected chi connectivity index (χ1v) is 6.70. The zero-order chi connectivity index (χ0) is 14.3. The molecule has 3 rings (SSSR count). The van der Waals surface area contributed by atoms with Gasteiger partial charge in [-0.2, -0.15) is 0 Å². The van der Waals surface area contributed by atoms with Crippen molar-refractivity contribution in [2.24, 2.45) is 0 Å². The first-order chi connectivity index (χ1) is 9.61. The summed E-state index contributed by atoms with van der Waals surface area (Å²) in [5, 5.41) is 10.2. The highest BCUT2D eigenvalue weighted by Crippen LogP contribution is 2.29. The fourth-order valence-corrected chi connectivity index (χ4v) is 3.35. The Labute approximate surface area is 117 Å². The number of benzene rings is 2. The maximum Gasteiger partial charge on any atom is 0.337 e. The number of hydrogen-bond donors (Lipinski definition) is 1. The summed E-state index contributed by atoms with van der Waals surface area (Å²) in [7, 11) is 1.55. The Kier molecular flexibility index (Phi) is 2.91. The largest absolute Gasteiger partial charge is 0.497 e. The van der Waals surface area contributed by atoms with Crippen LogP contribution in [0.5, 0.6) is 5.75 Å². The van der Waals surface area contributed by atoms with Crippen LogP contribution in [0.2, 0.25) is 0 Å². The van der Waals surface area contributed by atoms with E-state index >= 15 is 0 Å². The van der Waals surface area contributed by atoms with E-state index in [4.69, 9.17) is 4.74 Å². The van der Waals surface area contributed by atoms with Gasteiger partial charge >= 0.3 is 5.97 Å². The molecule has 0 aliphatic heterocycles. The van der Waals surface area contributed by atoms with Crippen molar-refractivity contribution in [3.63, 3.8) is 0 Å². The SMILES string of the molecule is COc1ccc2c(=O)c3cccc(C(=O)O)c3sc2c1. The number of ether oxygens (including phenoxy) is 1. The number of rotatable bonds is 2. The van der Waals surface area contributed by atoms with Gasteiger partial charge in [0.1, 0.15) is 5.75 Å². The third kappa shape index (κ3) is 1.83. The van der Waals surface area contributed by atoms with Crippen molar-refractivity contribution in [2.45, 2.75) is 0 Å². The molecule has 20 heavy (non-hydrogen) atoms. The molecular formula is C15H10O4S. The zero-order valence-corrected chi connectivity index (χ0v) is 11.4. The molecule has 0 amide bonds. The molecule has 1 aromatic heterocycles. The van der Waals surface area contributed by atoms with Crippen LogP contribution < -0.4 is 10.2 Å². The number of hydrogen-bond acceptors (Lipinski definition) is 4. The molecule has 3 aromatic rings. The second-order valence-electron chi connectivity index (χ2n) is 4.28. The van der Waals surface area contributed by atoms with E-state index in [9.17, 15) is 14.7 Å². The van der Waals surface area contributed by atoms with Gasteiger partial charge in [0.2, 0.25) is 0 Å². The zero-order valence-electron chi connectivity index (χ0n) is 10.5. The highest BCUT2D eigenvalue weighted by atomic mass is 32.1. The van der Waals surface area contributed by atoms with E-state index in [0.29, 0.717) is 21.2 Å². The van der Waals surface area contributed by atoms with E-state index in [0.717, 1.165) is 4.70 Å². The minimum atomic E-state index is -1.03. The fraction of sp³-hybridized carbons (Fsp3) is 0.0667. The van der Waals surface area contributed by atoms with Crippen molar-refractivity contribution in [2.75, 3.05) is 7.11 Å². The topological polar surface area (TPSA) is 63.6 Å². The van der Waals surface area contributed by atoms with E-state index in [1.165, 1.54) is 17.4 Å². The average Bonchev–Trinajstić information content (AvgIpc) is 2.46. The van der Waals surface area contributed by atoms with Gasteiger partial charge in [-0.25, -0.2) is 4.79 Å². The van der Waals surface area contributed by atoms with Crippen molar-refractivity contribution in [3.8, 4) is 5.75 Å². The van der Waals surface area contributed by atoms with Gasteiger partial charge in [0.05, 0.1) is 17.4 Å². The quantitative estimate of drug-likeness (QED) is 0.735. The monoisotopic (exact) mass is 286 g/mol. The Morgan fingerprint density at radius 1 is 1.20 bits per heavy atom. The molecule has 0 fully saturated rings. The van der Waals surface area contributed by atoms with Crippen LogP contribution in [-0.4, -0.2) is 18.2 Å². The molecule has 0 saturated heterocycles. The summed E-state index contributed by atoms with van der Waals surface area (Å²) in [6.07, 6.45) is 0. The first-order valence-electron chi connectivity index (χ1n) is 5.88. The van der Waals surface area contributed by atoms with Gasteiger partial charge in [-0.3, -0.25) is 4.79 Å².